The molecule has 3 nitrogen and oxygen atoms in total. The van der Waals surface area contributed by atoms with Crippen LogP contribution in [0.3, 0.4) is 0 Å². The van der Waals surface area contributed by atoms with Crippen LogP contribution in [-0.2, 0) is 13.1 Å². The van der Waals surface area contributed by atoms with Crippen molar-refractivity contribution in [3.8, 4) is 0 Å². The van der Waals surface area contributed by atoms with Gasteiger partial charge >= 0.3 is 0 Å². The standard InChI is InChI=1S/C14H17N3/c1-11-5-3-4-6-13(11)9-15-10-14-7-8-16-12(2)17-14/h3-8,15H,9-10H2,1-2H3. The van der Waals surface area contributed by atoms with E-state index >= 15 is 0 Å². The number of hydrogen-bond acceptors (Lipinski definition) is 3. The molecule has 0 atom stereocenters. The summed E-state index contributed by atoms with van der Waals surface area (Å²) in [7, 11) is 0. The fraction of sp³-hybridized carbons (Fsp3) is 0.286. The third-order valence-corrected chi connectivity index (χ3v) is 2.72. The van der Waals surface area contributed by atoms with E-state index in [2.05, 4.69) is 46.5 Å². The first-order valence-corrected chi connectivity index (χ1v) is 5.79. The highest BCUT2D eigenvalue weighted by molar-refractivity contribution is 5.25. The van der Waals surface area contributed by atoms with Crippen molar-refractivity contribution in [2.45, 2.75) is 26.9 Å². The van der Waals surface area contributed by atoms with Crippen molar-refractivity contribution >= 4 is 0 Å². The van der Waals surface area contributed by atoms with Crippen molar-refractivity contribution in [3.05, 3.63) is 59.2 Å². The molecule has 1 aromatic heterocycles. The van der Waals surface area contributed by atoms with Crippen LogP contribution in [0.15, 0.2) is 36.5 Å². The highest BCUT2D eigenvalue weighted by Crippen LogP contribution is 2.06. The van der Waals surface area contributed by atoms with E-state index in [9.17, 15) is 0 Å². The number of aromatic nitrogens is 2. The first-order chi connectivity index (χ1) is 8.25. The summed E-state index contributed by atoms with van der Waals surface area (Å²) < 4.78 is 0. The van der Waals surface area contributed by atoms with Crippen LogP contribution in [0.5, 0.6) is 0 Å². The van der Waals surface area contributed by atoms with Crippen LogP contribution in [0.1, 0.15) is 22.6 Å². The zero-order valence-corrected chi connectivity index (χ0v) is 10.3. The lowest BCUT2D eigenvalue weighted by atomic mass is 10.1. The molecule has 0 aliphatic carbocycles. The first-order valence-electron chi connectivity index (χ1n) is 5.79. The number of nitrogens with one attached hydrogen (secondary N) is 1. The van der Waals surface area contributed by atoms with Crippen LogP contribution in [0, 0.1) is 13.8 Å². The fourth-order valence-electron chi connectivity index (χ4n) is 1.74. The summed E-state index contributed by atoms with van der Waals surface area (Å²) in [6.45, 7) is 5.68. The van der Waals surface area contributed by atoms with Gasteiger partial charge < -0.3 is 5.32 Å². The van der Waals surface area contributed by atoms with Gasteiger partial charge in [0.25, 0.3) is 0 Å². The van der Waals surface area contributed by atoms with Crippen molar-refractivity contribution in [2.75, 3.05) is 0 Å². The maximum Gasteiger partial charge on any atom is 0.125 e. The molecule has 0 radical (unpaired) electrons. The van der Waals surface area contributed by atoms with Crippen LogP contribution < -0.4 is 5.32 Å². The molecule has 0 aliphatic rings. The molecule has 0 spiro atoms. The topological polar surface area (TPSA) is 37.8 Å². The summed E-state index contributed by atoms with van der Waals surface area (Å²) in [6.07, 6.45) is 1.80. The Bertz CT molecular complexity index is 494. The SMILES string of the molecule is Cc1nccc(CNCc2ccccc2C)n1. The van der Waals surface area contributed by atoms with Gasteiger partial charge in [0.1, 0.15) is 5.82 Å². The molecule has 17 heavy (non-hydrogen) atoms. The van der Waals surface area contributed by atoms with E-state index in [0.717, 1.165) is 24.6 Å². The van der Waals surface area contributed by atoms with Crippen molar-refractivity contribution < 1.29 is 0 Å². The second kappa shape index (κ2) is 5.55. The van der Waals surface area contributed by atoms with Gasteiger partial charge in [0, 0.05) is 19.3 Å². The van der Waals surface area contributed by atoms with E-state index in [-0.39, 0.29) is 0 Å². The molecule has 1 N–H and O–H groups in total. The largest absolute Gasteiger partial charge is 0.307 e. The summed E-state index contributed by atoms with van der Waals surface area (Å²) in [5.74, 6) is 0.820. The maximum absolute atomic E-state index is 4.35. The molecule has 0 bridgehead atoms. The Morgan fingerprint density at radius 3 is 2.65 bits per heavy atom. The number of rotatable bonds is 4. The molecule has 3 heteroatoms. The van der Waals surface area contributed by atoms with Gasteiger partial charge in [-0.15, -0.1) is 0 Å². The Labute approximate surface area is 102 Å². The molecule has 0 aliphatic heterocycles. The minimum absolute atomic E-state index is 0.775. The summed E-state index contributed by atoms with van der Waals surface area (Å²) in [4.78, 5) is 8.43. The Morgan fingerprint density at radius 1 is 1.06 bits per heavy atom. The summed E-state index contributed by atoms with van der Waals surface area (Å²) >= 11 is 0. The van der Waals surface area contributed by atoms with Crippen LogP contribution in [0.4, 0.5) is 0 Å². The lowest BCUT2D eigenvalue weighted by Crippen LogP contribution is -2.14. The van der Waals surface area contributed by atoms with Crippen LogP contribution in [0.2, 0.25) is 0 Å². The molecule has 0 fully saturated rings. The smallest absolute Gasteiger partial charge is 0.125 e. The molecule has 0 unspecified atom stereocenters. The van der Waals surface area contributed by atoms with Crippen molar-refractivity contribution in [1.29, 1.82) is 0 Å². The fourth-order valence-corrected chi connectivity index (χ4v) is 1.74. The summed E-state index contributed by atoms with van der Waals surface area (Å²) in [5.41, 5.74) is 3.68. The van der Waals surface area contributed by atoms with E-state index in [1.165, 1.54) is 11.1 Å². The molecule has 88 valence electrons. The summed E-state index contributed by atoms with van der Waals surface area (Å²) in [6, 6.07) is 10.3. The van der Waals surface area contributed by atoms with Gasteiger partial charge in [-0.3, -0.25) is 0 Å². The monoisotopic (exact) mass is 227 g/mol. The van der Waals surface area contributed by atoms with Gasteiger partial charge in [0.15, 0.2) is 0 Å². The average molecular weight is 227 g/mol. The van der Waals surface area contributed by atoms with Gasteiger partial charge in [-0.25, -0.2) is 9.97 Å². The van der Waals surface area contributed by atoms with E-state index < -0.39 is 0 Å². The molecular formula is C14H17N3. The van der Waals surface area contributed by atoms with E-state index in [1.54, 1.807) is 6.20 Å². The number of hydrogen-bond donors (Lipinski definition) is 1. The third kappa shape index (κ3) is 3.36. The van der Waals surface area contributed by atoms with Gasteiger partial charge in [-0.2, -0.15) is 0 Å². The Balaban J connectivity index is 1.90. The number of aryl methyl sites for hydroxylation is 2. The van der Waals surface area contributed by atoms with Gasteiger partial charge in [-0.1, -0.05) is 24.3 Å². The second-order valence-corrected chi connectivity index (χ2v) is 4.13. The second-order valence-electron chi connectivity index (χ2n) is 4.13. The maximum atomic E-state index is 4.35. The Kier molecular flexibility index (Phi) is 3.83. The number of benzene rings is 1. The van der Waals surface area contributed by atoms with Crippen LogP contribution >= 0.6 is 0 Å². The minimum Gasteiger partial charge on any atom is -0.307 e. The van der Waals surface area contributed by atoms with Crippen molar-refractivity contribution in [1.82, 2.24) is 15.3 Å². The molecule has 2 aromatic rings. The molecule has 0 saturated heterocycles. The third-order valence-electron chi connectivity index (χ3n) is 2.72. The summed E-state index contributed by atoms with van der Waals surface area (Å²) in [5, 5.41) is 3.40. The lowest BCUT2D eigenvalue weighted by molar-refractivity contribution is 0.673. The molecule has 0 saturated carbocycles. The van der Waals surface area contributed by atoms with Crippen LogP contribution in [-0.4, -0.2) is 9.97 Å². The zero-order valence-electron chi connectivity index (χ0n) is 10.3. The van der Waals surface area contributed by atoms with Crippen molar-refractivity contribution in [3.63, 3.8) is 0 Å². The van der Waals surface area contributed by atoms with E-state index in [0.29, 0.717) is 0 Å². The molecule has 0 amide bonds. The molecule has 2 rings (SSSR count). The van der Waals surface area contributed by atoms with Crippen molar-refractivity contribution in [2.24, 2.45) is 0 Å². The number of nitrogens with zero attached hydrogens (tertiary/aromatic N) is 2. The molecule has 1 heterocycles. The van der Waals surface area contributed by atoms with Gasteiger partial charge in [-0.05, 0) is 31.0 Å². The molecule has 1 aromatic carbocycles. The minimum atomic E-state index is 0.775. The quantitative estimate of drug-likeness (QED) is 0.871. The Morgan fingerprint density at radius 2 is 1.88 bits per heavy atom. The lowest BCUT2D eigenvalue weighted by Gasteiger charge is -2.07. The predicted octanol–water partition coefficient (Wildman–Crippen LogP) is 2.38. The van der Waals surface area contributed by atoms with Gasteiger partial charge in [0.2, 0.25) is 0 Å². The van der Waals surface area contributed by atoms with Crippen LogP contribution in [0.25, 0.3) is 0 Å². The highest BCUT2D eigenvalue weighted by atomic mass is 14.9. The van der Waals surface area contributed by atoms with E-state index in [4.69, 9.17) is 0 Å². The zero-order chi connectivity index (χ0) is 12.1. The molecular weight excluding hydrogens is 210 g/mol. The average Bonchev–Trinajstić information content (AvgIpc) is 2.32. The van der Waals surface area contributed by atoms with E-state index in [1.807, 2.05) is 13.0 Å². The normalized spacial score (nSPS) is 10.5. The predicted molar refractivity (Wildman–Crippen MR) is 68.5 cm³/mol. The first kappa shape index (κ1) is 11.7. The van der Waals surface area contributed by atoms with Gasteiger partial charge in [0.05, 0.1) is 5.69 Å². The highest BCUT2D eigenvalue weighted by Gasteiger charge is 1.98. The Hall–Kier alpha value is -1.74.